The molecular weight excluding hydrogens is 327 g/mol. The van der Waals surface area contributed by atoms with Gasteiger partial charge in [-0.3, -0.25) is 0 Å². The van der Waals surface area contributed by atoms with Gasteiger partial charge in [-0.25, -0.2) is 0 Å². The molecule has 0 aliphatic carbocycles. The second-order valence-corrected chi connectivity index (χ2v) is 5.77. The predicted molar refractivity (Wildman–Crippen MR) is 92.4 cm³/mol. The maximum Gasteiger partial charge on any atom is 0.171 e. The minimum atomic E-state index is -0.0823. The normalized spacial score (nSPS) is 10.2. The number of aromatic hydroxyl groups is 1. The standard InChI is InChI=1S/C15H14Cl2N2OS/c1-9-4-2-3-5-10(9)8-18-15(21)19-13-7-11(16)6-12(17)14(13)20/h2-7,20H,8H2,1H3,(H2,18,19,21). The van der Waals surface area contributed by atoms with Gasteiger partial charge in [0, 0.05) is 11.6 Å². The van der Waals surface area contributed by atoms with E-state index >= 15 is 0 Å². The number of rotatable bonds is 3. The molecule has 0 amide bonds. The molecule has 2 rings (SSSR count). The highest BCUT2D eigenvalue weighted by Gasteiger charge is 2.09. The van der Waals surface area contributed by atoms with Gasteiger partial charge in [0.05, 0.1) is 10.7 Å². The first-order chi connectivity index (χ1) is 9.97. The Balaban J connectivity index is 2.01. The van der Waals surface area contributed by atoms with Crippen molar-refractivity contribution in [3.63, 3.8) is 0 Å². The monoisotopic (exact) mass is 340 g/mol. The zero-order valence-corrected chi connectivity index (χ0v) is 13.6. The van der Waals surface area contributed by atoms with Crippen LogP contribution in [-0.2, 0) is 6.54 Å². The van der Waals surface area contributed by atoms with Crippen molar-refractivity contribution in [1.82, 2.24) is 5.32 Å². The van der Waals surface area contributed by atoms with E-state index in [9.17, 15) is 5.11 Å². The summed E-state index contributed by atoms with van der Waals surface area (Å²) in [4.78, 5) is 0. The Morgan fingerprint density at radius 3 is 2.67 bits per heavy atom. The molecule has 0 fully saturated rings. The van der Waals surface area contributed by atoms with Gasteiger partial charge < -0.3 is 15.7 Å². The lowest BCUT2D eigenvalue weighted by Gasteiger charge is -2.13. The van der Waals surface area contributed by atoms with E-state index in [2.05, 4.69) is 10.6 Å². The quantitative estimate of drug-likeness (QED) is 0.568. The number of halogens is 2. The van der Waals surface area contributed by atoms with Gasteiger partial charge in [0.15, 0.2) is 10.9 Å². The molecule has 21 heavy (non-hydrogen) atoms. The van der Waals surface area contributed by atoms with Crippen molar-refractivity contribution in [1.29, 1.82) is 0 Å². The summed E-state index contributed by atoms with van der Waals surface area (Å²) in [5.41, 5.74) is 2.70. The molecule has 0 saturated carbocycles. The van der Waals surface area contributed by atoms with Crippen LogP contribution in [0, 0.1) is 6.92 Å². The van der Waals surface area contributed by atoms with Gasteiger partial charge in [0.25, 0.3) is 0 Å². The maximum atomic E-state index is 9.86. The Morgan fingerprint density at radius 2 is 1.95 bits per heavy atom. The third-order valence-corrected chi connectivity index (χ3v) is 3.73. The van der Waals surface area contributed by atoms with Crippen molar-refractivity contribution >= 4 is 46.2 Å². The first kappa shape index (κ1) is 15.9. The smallest absolute Gasteiger partial charge is 0.171 e. The van der Waals surface area contributed by atoms with Crippen LogP contribution in [0.2, 0.25) is 10.0 Å². The van der Waals surface area contributed by atoms with Crippen molar-refractivity contribution in [3.8, 4) is 5.75 Å². The Hall–Kier alpha value is -1.49. The molecule has 0 spiro atoms. The summed E-state index contributed by atoms with van der Waals surface area (Å²) in [5, 5.41) is 16.8. The topological polar surface area (TPSA) is 44.3 Å². The second kappa shape index (κ2) is 6.98. The summed E-state index contributed by atoms with van der Waals surface area (Å²) in [6.45, 7) is 2.63. The molecule has 0 unspecified atom stereocenters. The summed E-state index contributed by atoms with van der Waals surface area (Å²) in [5.74, 6) is -0.0823. The fraction of sp³-hybridized carbons (Fsp3) is 0.133. The molecule has 0 saturated heterocycles. The largest absolute Gasteiger partial charge is 0.504 e. The molecule has 0 heterocycles. The highest BCUT2D eigenvalue weighted by atomic mass is 35.5. The van der Waals surface area contributed by atoms with Crippen LogP contribution in [0.4, 0.5) is 5.69 Å². The second-order valence-electron chi connectivity index (χ2n) is 4.52. The number of thiocarbonyl (C=S) groups is 1. The first-order valence-electron chi connectivity index (χ1n) is 6.24. The van der Waals surface area contributed by atoms with Gasteiger partial charge in [-0.05, 0) is 42.4 Å². The summed E-state index contributed by atoms with van der Waals surface area (Å²) in [6, 6.07) is 11.1. The zero-order chi connectivity index (χ0) is 15.4. The molecule has 0 aromatic heterocycles. The lowest BCUT2D eigenvalue weighted by atomic mass is 10.1. The molecule has 0 atom stereocenters. The third-order valence-electron chi connectivity index (χ3n) is 2.98. The van der Waals surface area contributed by atoms with E-state index in [-0.39, 0.29) is 10.8 Å². The van der Waals surface area contributed by atoms with Crippen molar-refractivity contribution in [2.75, 3.05) is 5.32 Å². The lowest BCUT2D eigenvalue weighted by Crippen LogP contribution is -2.28. The van der Waals surface area contributed by atoms with Gasteiger partial charge in [0.1, 0.15) is 0 Å². The van der Waals surface area contributed by atoms with Gasteiger partial charge >= 0.3 is 0 Å². The number of nitrogens with one attached hydrogen (secondary N) is 2. The number of hydrogen-bond donors (Lipinski definition) is 3. The number of benzene rings is 2. The summed E-state index contributed by atoms with van der Waals surface area (Å²) >= 11 is 17.0. The number of phenols is 1. The highest BCUT2D eigenvalue weighted by molar-refractivity contribution is 7.80. The van der Waals surface area contributed by atoms with Crippen molar-refractivity contribution < 1.29 is 5.11 Å². The van der Waals surface area contributed by atoms with E-state index < -0.39 is 0 Å². The molecule has 110 valence electrons. The van der Waals surface area contributed by atoms with Crippen molar-refractivity contribution in [3.05, 3.63) is 57.6 Å². The van der Waals surface area contributed by atoms with Gasteiger partial charge in [-0.2, -0.15) is 0 Å². The van der Waals surface area contributed by atoms with Crippen LogP contribution < -0.4 is 10.6 Å². The summed E-state index contributed by atoms with van der Waals surface area (Å²) in [7, 11) is 0. The van der Waals surface area contributed by atoms with Crippen LogP contribution in [-0.4, -0.2) is 10.2 Å². The van der Waals surface area contributed by atoms with Crippen LogP contribution in [0.25, 0.3) is 0 Å². The van der Waals surface area contributed by atoms with Crippen molar-refractivity contribution in [2.24, 2.45) is 0 Å². The Bertz CT molecular complexity index is 677. The Morgan fingerprint density at radius 1 is 1.24 bits per heavy atom. The number of hydrogen-bond acceptors (Lipinski definition) is 2. The molecule has 2 aromatic carbocycles. The maximum absolute atomic E-state index is 9.86. The van der Waals surface area contributed by atoms with Crippen LogP contribution >= 0.6 is 35.4 Å². The Labute approximate surface area is 138 Å². The average Bonchev–Trinajstić information content (AvgIpc) is 2.43. The molecule has 0 aliphatic rings. The summed E-state index contributed by atoms with van der Waals surface area (Å²) in [6.07, 6.45) is 0. The number of aryl methyl sites for hydroxylation is 1. The SMILES string of the molecule is Cc1ccccc1CNC(=S)Nc1cc(Cl)cc(Cl)c1O. The zero-order valence-electron chi connectivity index (χ0n) is 11.3. The van der Waals surface area contributed by atoms with E-state index in [4.69, 9.17) is 35.4 Å². The number of phenolic OH excluding ortho intramolecular Hbond substituents is 1. The van der Waals surface area contributed by atoms with E-state index in [1.54, 1.807) is 6.07 Å². The van der Waals surface area contributed by atoms with Gasteiger partial charge in [-0.15, -0.1) is 0 Å². The third kappa shape index (κ3) is 4.24. The fourth-order valence-corrected chi connectivity index (χ4v) is 2.49. The fourth-order valence-electron chi connectivity index (χ4n) is 1.81. The molecular formula is C15H14Cl2N2OS. The van der Waals surface area contributed by atoms with Crippen LogP contribution in [0.5, 0.6) is 5.75 Å². The van der Waals surface area contributed by atoms with Crippen LogP contribution in [0.1, 0.15) is 11.1 Å². The van der Waals surface area contributed by atoms with Crippen molar-refractivity contribution in [2.45, 2.75) is 13.5 Å². The molecule has 6 heteroatoms. The van der Waals surface area contributed by atoms with Gasteiger partial charge in [0.2, 0.25) is 0 Å². The molecule has 3 N–H and O–H groups in total. The molecule has 0 bridgehead atoms. The molecule has 0 radical (unpaired) electrons. The van der Waals surface area contributed by atoms with E-state index in [0.717, 1.165) is 5.56 Å². The summed E-state index contributed by atoms with van der Waals surface area (Å²) < 4.78 is 0. The molecule has 2 aromatic rings. The Kier molecular flexibility index (Phi) is 5.28. The number of anilines is 1. The molecule has 0 aliphatic heterocycles. The van der Waals surface area contributed by atoms with E-state index in [1.165, 1.54) is 11.6 Å². The molecule has 3 nitrogen and oxygen atoms in total. The van der Waals surface area contributed by atoms with E-state index in [0.29, 0.717) is 22.4 Å². The lowest BCUT2D eigenvalue weighted by molar-refractivity contribution is 0.478. The predicted octanol–water partition coefficient (Wildman–Crippen LogP) is 4.49. The first-order valence-corrected chi connectivity index (χ1v) is 7.41. The van der Waals surface area contributed by atoms with Crippen LogP contribution in [0.3, 0.4) is 0 Å². The van der Waals surface area contributed by atoms with E-state index in [1.807, 2.05) is 31.2 Å². The average molecular weight is 341 g/mol. The minimum absolute atomic E-state index is 0.0823. The van der Waals surface area contributed by atoms with Gasteiger partial charge in [-0.1, -0.05) is 47.5 Å². The van der Waals surface area contributed by atoms with Crippen LogP contribution in [0.15, 0.2) is 36.4 Å². The minimum Gasteiger partial charge on any atom is -0.504 e. The highest BCUT2D eigenvalue weighted by Crippen LogP contribution is 2.34.